The van der Waals surface area contributed by atoms with Crippen molar-refractivity contribution in [2.75, 3.05) is 13.6 Å². The molecule has 0 bridgehead atoms. The number of nitrogens with one attached hydrogen (secondary N) is 2. The summed E-state index contributed by atoms with van der Waals surface area (Å²) in [5.41, 5.74) is 0.306. The van der Waals surface area contributed by atoms with Gasteiger partial charge in [-0.1, -0.05) is 0 Å². The second-order valence-electron chi connectivity index (χ2n) is 4.97. The Hall–Kier alpha value is -1.62. The minimum atomic E-state index is -0.195. The van der Waals surface area contributed by atoms with Crippen LogP contribution in [0.2, 0.25) is 0 Å². The zero-order valence-electron chi connectivity index (χ0n) is 10.8. The summed E-state index contributed by atoms with van der Waals surface area (Å²) in [4.78, 5) is 27.7. The van der Waals surface area contributed by atoms with Gasteiger partial charge < -0.3 is 15.2 Å². The first-order valence-electron chi connectivity index (χ1n) is 6.26. The minimum Gasteiger partial charge on any atom is -0.349 e. The van der Waals surface area contributed by atoms with Gasteiger partial charge in [0.25, 0.3) is 5.91 Å². The maximum absolute atomic E-state index is 12.0. The molecule has 0 spiro atoms. The number of aromatic nitrogens is 1. The molecule has 2 atom stereocenters. The number of H-pyrrole nitrogens is 1. The van der Waals surface area contributed by atoms with Crippen molar-refractivity contribution in [1.29, 1.82) is 0 Å². The number of pyridine rings is 1. The normalized spacial score (nSPS) is 24.8. The highest BCUT2D eigenvalue weighted by atomic mass is 16.2. The molecule has 1 aliphatic heterocycles. The van der Waals surface area contributed by atoms with Crippen LogP contribution >= 0.6 is 0 Å². The maximum Gasteiger partial charge on any atom is 0.252 e. The van der Waals surface area contributed by atoms with E-state index in [1.165, 1.54) is 12.3 Å². The lowest BCUT2D eigenvalue weighted by molar-refractivity contribution is 0.0896. The molecular weight excluding hydrogens is 230 g/mol. The van der Waals surface area contributed by atoms with Crippen LogP contribution < -0.4 is 10.9 Å². The lowest BCUT2D eigenvalue weighted by Crippen LogP contribution is -2.47. The monoisotopic (exact) mass is 249 g/mol. The number of likely N-dealkylation sites (tertiary alicyclic amines) is 1. The van der Waals surface area contributed by atoms with Crippen molar-refractivity contribution < 1.29 is 4.79 Å². The molecule has 0 aliphatic carbocycles. The van der Waals surface area contributed by atoms with E-state index in [-0.39, 0.29) is 17.5 Å². The van der Waals surface area contributed by atoms with E-state index in [1.807, 2.05) is 0 Å². The molecule has 1 aliphatic rings. The van der Waals surface area contributed by atoms with Gasteiger partial charge in [0.2, 0.25) is 5.56 Å². The lowest BCUT2D eigenvalue weighted by Gasteiger charge is -2.35. The largest absolute Gasteiger partial charge is 0.349 e. The molecule has 2 heterocycles. The third kappa shape index (κ3) is 2.98. The van der Waals surface area contributed by atoms with Crippen LogP contribution in [0.3, 0.4) is 0 Å². The molecule has 1 aromatic rings. The molecule has 1 saturated heterocycles. The van der Waals surface area contributed by atoms with Crippen molar-refractivity contribution in [3.05, 3.63) is 34.2 Å². The zero-order valence-corrected chi connectivity index (χ0v) is 10.8. The van der Waals surface area contributed by atoms with E-state index in [4.69, 9.17) is 0 Å². The van der Waals surface area contributed by atoms with Gasteiger partial charge >= 0.3 is 0 Å². The number of carbonyl (C=O) groups excluding carboxylic acids is 1. The Bertz CT molecular complexity index is 463. The Labute approximate surface area is 106 Å². The Balaban J connectivity index is 1.95. The molecule has 5 heteroatoms. The first-order valence-corrected chi connectivity index (χ1v) is 6.26. The molecule has 2 rings (SSSR count). The third-order valence-corrected chi connectivity index (χ3v) is 3.59. The van der Waals surface area contributed by atoms with Gasteiger partial charge in [0.15, 0.2) is 0 Å². The summed E-state index contributed by atoms with van der Waals surface area (Å²) >= 11 is 0. The predicted molar refractivity (Wildman–Crippen MR) is 69.6 cm³/mol. The number of rotatable bonds is 2. The van der Waals surface area contributed by atoms with Gasteiger partial charge in [-0.3, -0.25) is 9.59 Å². The number of hydrogen-bond acceptors (Lipinski definition) is 3. The molecule has 2 unspecified atom stereocenters. The Morgan fingerprint density at radius 3 is 2.89 bits per heavy atom. The van der Waals surface area contributed by atoms with Crippen LogP contribution in [-0.2, 0) is 0 Å². The smallest absolute Gasteiger partial charge is 0.252 e. The van der Waals surface area contributed by atoms with Gasteiger partial charge in [-0.15, -0.1) is 0 Å². The summed E-state index contributed by atoms with van der Waals surface area (Å²) in [5, 5.41) is 3.02. The van der Waals surface area contributed by atoms with Crippen LogP contribution in [0.25, 0.3) is 0 Å². The fourth-order valence-electron chi connectivity index (χ4n) is 2.24. The van der Waals surface area contributed by atoms with Gasteiger partial charge in [-0.2, -0.15) is 0 Å². The fraction of sp³-hybridized carbons (Fsp3) is 0.538. The molecule has 1 aromatic heterocycles. The van der Waals surface area contributed by atoms with E-state index < -0.39 is 0 Å². The van der Waals surface area contributed by atoms with Crippen LogP contribution in [0.1, 0.15) is 30.1 Å². The first kappa shape index (κ1) is 12.8. The van der Waals surface area contributed by atoms with Crippen molar-refractivity contribution in [2.24, 2.45) is 0 Å². The van der Waals surface area contributed by atoms with Gasteiger partial charge in [0.05, 0.1) is 5.56 Å². The van der Waals surface area contributed by atoms with Gasteiger partial charge in [-0.05, 0) is 32.9 Å². The standard InChI is InChI=1S/C13H19N3O2/c1-9-7-11(5-6-16(9)2)15-13(18)10-3-4-12(17)14-8-10/h3-4,8-9,11H,5-7H2,1-2H3,(H,14,17)(H,15,18). The van der Waals surface area contributed by atoms with E-state index in [9.17, 15) is 9.59 Å². The number of hydrogen-bond donors (Lipinski definition) is 2. The molecular formula is C13H19N3O2. The molecule has 2 N–H and O–H groups in total. The van der Waals surface area contributed by atoms with E-state index in [1.54, 1.807) is 6.07 Å². The summed E-state index contributed by atoms with van der Waals surface area (Å²) in [5.74, 6) is -0.118. The number of aromatic amines is 1. The maximum atomic E-state index is 12.0. The molecule has 1 fully saturated rings. The number of amides is 1. The Morgan fingerprint density at radius 1 is 1.50 bits per heavy atom. The van der Waals surface area contributed by atoms with Gasteiger partial charge in [-0.25, -0.2) is 0 Å². The molecule has 5 nitrogen and oxygen atoms in total. The highest BCUT2D eigenvalue weighted by Gasteiger charge is 2.24. The van der Waals surface area contributed by atoms with Crippen molar-refractivity contribution in [3.63, 3.8) is 0 Å². The molecule has 0 aromatic carbocycles. The molecule has 1 amide bonds. The van der Waals surface area contributed by atoms with Crippen molar-refractivity contribution in [3.8, 4) is 0 Å². The Morgan fingerprint density at radius 2 is 2.28 bits per heavy atom. The quantitative estimate of drug-likeness (QED) is 0.806. The van der Waals surface area contributed by atoms with Crippen LogP contribution in [0.5, 0.6) is 0 Å². The number of nitrogens with zero attached hydrogens (tertiary/aromatic N) is 1. The van der Waals surface area contributed by atoms with Crippen LogP contribution in [-0.4, -0.2) is 41.5 Å². The predicted octanol–water partition coefficient (Wildman–Crippen LogP) is 0.587. The summed E-state index contributed by atoms with van der Waals surface area (Å²) < 4.78 is 0. The minimum absolute atomic E-state index is 0.118. The number of piperidine rings is 1. The highest BCUT2D eigenvalue weighted by Crippen LogP contribution is 2.15. The number of carbonyl (C=O) groups is 1. The van der Waals surface area contributed by atoms with Crippen LogP contribution in [0.15, 0.2) is 23.1 Å². The molecule has 98 valence electrons. The molecule has 0 saturated carbocycles. The lowest BCUT2D eigenvalue weighted by atomic mass is 9.98. The summed E-state index contributed by atoms with van der Waals surface area (Å²) in [6.45, 7) is 3.16. The van der Waals surface area contributed by atoms with E-state index >= 15 is 0 Å². The first-order chi connectivity index (χ1) is 8.56. The van der Waals surface area contributed by atoms with Crippen LogP contribution in [0, 0.1) is 0 Å². The average Bonchev–Trinajstić information content (AvgIpc) is 2.34. The van der Waals surface area contributed by atoms with Crippen LogP contribution in [0.4, 0.5) is 0 Å². The van der Waals surface area contributed by atoms with Crippen molar-refractivity contribution in [1.82, 2.24) is 15.2 Å². The Kier molecular flexibility index (Phi) is 3.81. The molecule has 0 radical (unpaired) electrons. The SMILES string of the molecule is CC1CC(NC(=O)c2ccc(=O)[nH]c2)CCN1C. The van der Waals surface area contributed by atoms with E-state index in [0.717, 1.165) is 19.4 Å². The third-order valence-electron chi connectivity index (χ3n) is 3.59. The summed E-state index contributed by atoms with van der Waals surface area (Å²) in [6, 6.07) is 3.62. The van der Waals surface area contributed by atoms with E-state index in [0.29, 0.717) is 11.6 Å². The topological polar surface area (TPSA) is 65.2 Å². The zero-order chi connectivity index (χ0) is 13.1. The van der Waals surface area contributed by atoms with E-state index in [2.05, 4.69) is 29.2 Å². The van der Waals surface area contributed by atoms with Gasteiger partial charge in [0, 0.05) is 30.9 Å². The summed E-state index contributed by atoms with van der Waals surface area (Å²) in [7, 11) is 2.10. The second-order valence-corrected chi connectivity index (χ2v) is 4.97. The van der Waals surface area contributed by atoms with Crippen molar-refractivity contribution >= 4 is 5.91 Å². The fourth-order valence-corrected chi connectivity index (χ4v) is 2.24. The average molecular weight is 249 g/mol. The summed E-state index contributed by atoms with van der Waals surface area (Å²) in [6.07, 6.45) is 3.39. The highest BCUT2D eigenvalue weighted by molar-refractivity contribution is 5.94. The second kappa shape index (κ2) is 5.35. The molecule has 18 heavy (non-hydrogen) atoms. The van der Waals surface area contributed by atoms with Crippen molar-refractivity contribution in [2.45, 2.75) is 31.8 Å². The van der Waals surface area contributed by atoms with Gasteiger partial charge in [0.1, 0.15) is 0 Å².